The highest BCUT2D eigenvalue weighted by molar-refractivity contribution is 7.99. The lowest BCUT2D eigenvalue weighted by atomic mass is 10.2. The van der Waals surface area contributed by atoms with Gasteiger partial charge in [0, 0.05) is 10.6 Å². The van der Waals surface area contributed by atoms with E-state index in [1.807, 2.05) is 0 Å². The molecule has 0 unspecified atom stereocenters. The van der Waals surface area contributed by atoms with Crippen molar-refractivity contribution in [3.63, 3.8) is 0 Å². The van der Waals surface area contributed by atoms with Crippen molar-refractivity contribution in [3.8, 4) is 0 Å². The molecule has 9 heteroatoms. The summed E-state index contributed by atoms with van der Waals surface area (Å²) in [6.07, 6.45) is -0.696. The van der Waals surface area contributed by atoms with Gasteiger partial charge in [0.2, 0.25) is 5.91 Å². The molecule has 0 aliphatic carbocycles. The number of nitrogens with one attached hydrogen (secondary N) is 2. The van der Waals surface area contributed by atoms with Gasteiger partial charge in [-0.2, -0.15) is 0 Å². The van der Waals surface area contributed by atoms with Crippen LogP contribution in [0.3, 0.4) is 0 Å². The highest BCUT2D eigenvalue weighted by Gasteiger charge is 2.28. The minimum atomic E-state index is -1.19. The molecule has 7 nitrogen and oxygen atoms in total. The van der Waals surface area contributed by atoms with Crippen molar-refractivity contribution in [2.24, 2.45) is 0 Å². The first-order valence-corrected chi connectivity index (χ1v) is 8.43. The highest BCUT2D eigenvalue weighted by Crippen LogP contribution is 2.35. The minimum absolute atomic E-state index is 0.0848. The number of carbonyl (C=O) groups excluding carboxylic acids is 2. The molecular weight excluding hydrogens is 356 g/mol. The standard InChI is InChI=1S/C15H17ClN2O5S/c1-15(2,3)23-14(22)18-10-6-24-11-5-8(16)7(13(20)21)4-9(11)17-12(10)19/h4-5,10H,6H2,1-3H3,(H,17,19)(H,18,22)(H,20,21)/t10-/m0/s1. The van der Waals surface area contributed by atoms with E-state index in [0.29, 0.717) is 10.6 Å². The number of ether oxygens (including phenoxy) is 1. The van der Waals surface area contributed by atoms with Crippen molar-refractivity contribution in [3.05, 3.63) is 22.7 Å². The zero-order valence-corrected chi connectivity index (χ0v) is 14.9. The molecule has 24 heavy (non-hydrogen) atoms. The summed E-state index contributed by atoms with van der Waals surface area (Å²) >= 11 is 7.23. The first kappa shape index (κ1) is 18.4. The summed E-state index contributed by atoms with van der Waals surface area (Å²) in [4.78, 5) is 35.9. The molecule has 1 aliphatic heterocycles. The Morgan fingerprint density at radius 3 is 2.67 bits per heavy atom. The fraction of sp³-hybridized carbons (Fsp3) is 0.400. The molecule has 0 saturated carbocycles. The van der Waals surface area contributed by atoms with E-state index in [4.69, 9.17) is 21.4 Å². The van der Waals surface area contributed by atoms with Crippen LogP contribution in [0.15, 0.2) is 17.0 Å². The van der Waals surface area contributed by atoms with Gasteiger partial charge < -0.3 is 20.5 Å². The Morgan fingerprint density at radius 1 is 1.42 bits per heavy atom. The second-order valence-electron chi connectivity index (χ2n) is 6.13. The molecule has 0 radical (unpaired) electrons. The average Bonchev–Trinajstić information content (AvgIpc) is 2.56. The lowest BCUT2D eigenvalue weighted by molar-refractivity contribution is -0.117. The number of carboxylic acids is 1. The van der Waals surface area contributed by atoms with Crippen molar-refractivity contribution >= 4 is 47.0 Å². The van der Waals surface area contributed by atoms with Crippen molar-refractivity contribution in [1.82, 2.24) is 5.32 Å². The molecule has 0 saturated heterocycles. The number of fused-ring (bicyclic) bond motifs is 1. The third-order valence-corrected chi connectivity index (χ3v) is 4.43. The SMILES string of the molecule is CC(C)(C)OC(=O)N[C@H]1CSc2cc(Cl)c(C(=O)O)cc2NC1=O. The molecule has 3 N–H and O–H groups in total. The number of halogens is 1. The number of hydrogen-bond donors (Lipinski definition) is 3. The Hall–Kier alpha value is -1.93. The number of carboxylic acid groups (broad SMARTS) is 1. The third-order valence-electron chi connectivity index (χ3n) is 2.97. The van der Waals surface area contributed by atoms with Crippen LogP contribution in [0, 0.1) is 0 Å². The molecule has 1 aromatic carbocycles. The normalized spacial score (nSPS) is 17.3. The van der Waals surface area contributed by atoms with E-state index < -0.39 is 29.6 Å². The predicted molar refractivity (Wildman–Crippen MR) is 90.9 cm³/mol. The van der Waals surface area contributed by atoms with Gasteiger partial charge in [0.15, 0.2) is 0 Å². The quantitative estimate of drug-likeness (QED) is 0.737. The van der Waals surface area contributed by atoms with E-state index >= 15 is 0 Å². The van der Waals surface area contributed by atoms with E-state index in [2.05, 4.69) is 10.6 Å². The van der Waals surface area contributed by atoms with Gasteiger partial charge in [0.05, 0.1) is 16.3 Å². The number of benzene rings is 1. The molecule has 1 atom stereocenters. The summed E-state index contributed by atoms with van der Waals surface area (Å²) < 4.78 is 5.14. The van der Waals surface area contributed by atoms with Crippen LogP contribution in [0.1, 0.15) is 31.1 Å². The number of carbonyl (C=O) groups is 3. The summed E-state index contributed by atoms with van der Waals surface area (Å²) in [7, 11) is 0. The number of thioether (sulfide) groups is 1. The summed E-state index contributed by atoms with van der Waals surface area (Å²) in [6, 6.07) is 1.98. The summed E-state index contributed by atoms with van der Waals surface area (Å²) in [5.41, 5.74) is -0.430. The van der Waals surface area contributed by atoms with Crippen molar-refractivity contribution in [2.75, 3.05) is 11.1 Å². The molecule has 0 spiro atoms. The van der Waals surface area contributed by atoms with Gasteiger partial charge >= 0.3 is 12.1 Å². The van der Waals surface area contributed by atoms with E-state index in [0.717, 1.165) is 0 Å². The second kappa shape index (κ2) is 6.90. The van der Waals surface area contributed by atoms with Gasteiger partial charge in [-0.25, -0.2) is 9.59 Å². The van der Waals surface area contributed by atoms with Crippen LogP contribution in [0.2, 0.25) is 5.02 Å². The molecule has 1 aromatic rings. The number of amides is 2. The van der Waals surface area contributed by atoms with E-state index in [-0.39, 0.29) is 16.3 Å². The van der Waals surface area contributed by atoms with Crippen LogP contribution in [0.4, 0.5) is 10.5 Å². The number of rotatable bonds is 2. The van der Waals surface area contributed by atoms with Gasteiger partial charge in [0.1, 0.15) is 11.6 Å². The minimum Gasteiger partial charge on any atom is -0.478 e. The maximum Gasteiger partial charge on any atom is 0.408 e. The van der Waals surface area contributed by atoms with Crippen LogP contribution in [-0.4, -0.2) is 40.5 Å². The van der Waals surface area contributed by atoms with Crippen molar-refractivity contribution in [2.45, 2.75) is 37.3 Å². The Labute approximate surface area is 148 Å². The van der Waals surface area contributed by atoms with Gasteiger partial charge in [-0.15, -0.1) is 11.8 Å². The second-order valence-corrected chi connectivity index (χ2v) is 7.60. The molecule has 2 rings (SSSR count). The van der Waals surface area contributed by atoms with Gasteiger partial charge in [-0.05, 0) is 32.9 Å². The molecule has 1 heterocycles. The zero-order valence-electron chi connectivity index (χ0n) is 13.3. The Morgan fingerprint density at radius 2 is 2.08 bits per heavy atom. The third kappa shape index (κ3) is 4.55. The molecule has 2 amide bonds. The van der Waals surface area contributed by atoms with Crippen LogP contribution in [0.25, 0.3) is 0 Å². The van der Waals surface area contributed by atoms with Crippen LogP contribution in [-0.2, 0) is 9.53 Å². The Bertz CT molecular complexity index is 702. The van der Waals surface area contributed by atoms with Gasteiger partial charge in [0.25, 0.3) is 0 Å². The topological polar surface area (TPSA) is 105 Å². The van der Waals surface area contributed by atoms with Crippen molar-refractivity contribution in [1.29, 1.82) is 0 Å². The lowest BCUT2D eigenvalue weighted by Crippen LogP contribution is -2.46. The van der Waals surface area contributed by atoms with E-state index in [1.54, 1.807) is 20.8 Å². The van der Waals surface area contributed by atoms with Crippen LogP contribution in [0.5, 0.6) is 0 Å². The van der Waals surface area contributed by atoms with E-state index in [1.165, 1.54) is 23.9 Å². The predicted octanol–water partition coefficient (Wildman–Crippen LogP) is 2.98. The number of anilines is 1. The lowest BCUT2D eigenvalue weighted by Gasteiger charge is -2.22. The number of alkyl carbamates (subject to hydrolysis) is 1. The maximum absolute atomic E-state index is 12.3. The molecule has 0 aromatic heterocycles. The number of hydrogen-bond acceptors (Lipinski definition) is 5. The summed E-state index contributed by atoms with van der Waals surface area (Å²) in [6.45, 7) is 5.17. The monoisotopic (exact) mass is 372 g/mol. The molecular formula is C15H17ClN2O5S. The maximum atomic E-state index is 12.3. The smallest absolute Gasteiger partial charge is 0.408 e. The molecule has 1 aliphatic rings. The number of aromatic carboxylic acids is 1. The first-order chi connectivity index (χ1) is 11.1. The summed E-state index contributed by atoms with van der Waals surface area (Å²) in [5.74, 6) is -1.37. The zero-order chi connectivity index (χ0) is 18.1. The van der Waals surface area contributed by atoms with Gasteiger partial charge in [-0.1, -0.05) is 11.6 Å². The van der Waals surface area contributed by atoms with Crippen LogP contribution >= 0.6 is 23.4 Å². The fourth-order valence-electron chi connectivity index (χ4n) is 1.96. The van der Waals surface area contributed by atoms with Crippen molar-refractivity contribution < 1.29 is 24.2 Å². The molecule has 0 fully saturated rings. The molecule has 130 valence electrons. The first-order valence-electron chi connectivity index (χ1n) is 7.07. The average molecular weight is 373 g/mol. The Kier molecular flexibility index (Phi) is 5.29. The van der Waals surface area contributed by atoms with Gasteiger partial charge in [-0.3, -0.25) is 4.79 Å². The van der Waals surface area contributed by atoms with Crippen LogP contribution < -0.4 is 10.6 Å². The highest BCUT2D eigenvalue weighted by atomic mass is 35.5. The Balaban J connectivity index is 2.16. The summed E-state index contributed by atoms with van der Waals surface area (Å²) in [5, 5.41) is 14.3. The fourth-order valence-corrected chi connectivity index (χ4v) is 3.32. The largest absolute Gasteiger partial charge is 0.478 e. The molecule has 0 bridgehead atoms. The van der Waals surface area contributed by atoms with E-state index in [9.17, 15) is 14.4 Å².